The molecule has 19 heteroatoms. The van der Waals surface area contributed by atoms with Crippen molar-refractivity contribution in [3.05, 3.63) is 96.2 Å². The number of amides is 2. The van der Waals surface area contributed by atoms with E-state index in [1.54, 1.807) is 44.4 Å². The van der Waals surface area contributed by atoms with Crippen molar-refractivity contribution in [2.24, 2.45) is 18.9 Å². The number of aromatic nitrogens is 9. The third-order valence-corrected chi connectivity index (χ3v) is 11.3. The molecule has 0 unspecified atom stereocenters. The second-order valence-corrected chi connectivity index (χ2v) is 15.6. The molecule has 9 rings (SSSR count). The zero-order chi connectivity index (χ0) is 44.7. The van der Waals surface area contributed by atoms with Crippen LogP contribution in [0.4, 0.5) is 21.0 Å². The van der Waals surface area contributed by atoms with Gasteiger partial charge in [-0.3, -0.25) is 14.6 Å². The fourth-order valence-electron chi connectivity index (χ4n) is 7.81. The zero-order valence-corrected chi connectivity index (χ0v) is 35.2. The standard InChI is InChI=1S/C23H23N9O2.C22H20N6O2/c1-31-13-21(29-30-31)18-12-25-20(22-4-3-17-7-15(9-24)11-27-32(17)22)8-19(18)28-16-5-14(6-16)10-26-23(33)34-2;1-3-16-13-24-20(21-5-4-18-8-15(10-23)12-26-28(18)21)9-19(16)27-17-6-14(7-17)11-25-22(29)30-2/h3-4,7-8,11-14,16H,5-6,10H2,1-2H3,(H,25,28)(H,26,33);1,4-5,8-9,12-14,17H,6-7,11H2,2H3,(H,24,27)(H,25,29). The number of methoxy groups -OCH3 is 2. The maximum atomic E-state index is 11.3. The first-order chi connectivity index (χ1) is 31.1. The molecule has 0 aromatic carbocycles. The lowest BCUT2D eigenvalue weighted by atomic mass is 9.80. The summed E-state index contributed by atoms with van der Waals surface area (Å²) in [4.78, 5) is 31.7. The van der Waals surface area contributed by atoms with Gasteiger partial charge >= 0.3 is 12.2 Å². The number of nitrogens with one attached hydrogen (secondary N) is 4. The molecule has 2 aliphatic rings. The molecule has 0 saturated heterocycles. The second kappa shape index (κ2) is 18.6. The first-order valence-corrected chi connectivity index (χ1v) is 20.4. The third kappa shape index (κ3) is 9.21. The smallest absolute Gasteiger partial charge is 0.406 e. The highest BCUT2D eigenvalue weighted by Crippen LogP contribution is 2.36. The van der Waals surface area contributed by atoms with Gasteiger partial charge in [-0.2, -0.15) is 20.7 Å². The van der Waals surface area contributed by atoms with E-state index in [-0.39, 0.29) is 12.1 Å². The molecule has 2 aliphatic carbocycles. The lowest BCUT2D eigenvalue weighted by Gasteiger charge is -2.36. The molecule has 19 nitrogen and oxygen atoms in total. The number of pyridine rings is 2. The number of nitrogens with zero attached hydrogens (tertiary/aromatic N) is 11. The molecule has 0 atom stereocenters. The first-order valence-electron chi connectivity index (χ1n) is 20.4. The molecule has 0 bridgehead atoms. The van der Waals surface area contributed by atoms with Gasteiger partial charge in [0.15, 0.2) is 0 Å². The van der Waals surface area contributed by atoms with E-state index in [9.17, 15) is 9.59 Å². The van der Waals surface area contributed by atoms with Crippen molar-refractivity contribution >= 4 is 34.6 Å². The maximum absolute atomic E-state index is 11.3. The molecule has 0 radical (unpaired) electrons. The van der Waals surface area contributed by atoms with E-state index in [4.69, 9.17) is 16.9 Å². The number of carbonyl (C=O) groups is 2. The van der Waals surface area contributed by atoms with Crippen LogP contribution >= 0.6 is 0 Å². The van der Waals surface area contributed by atoms with Crippen molar-refractivity contribution in [1.29, 1.82) is 10.5 Å². The van der Waals surface area contributed by atoms with Gasteiger partial charge in [0, 0.05) is 55.9 Å². The van der Waals surface area contributed by atoms with Crippen LogP contribution in [0.2, 0.25) is 0 Å². The topological polar surface area (TPSA) is 239 Å². The maximum Gasteiger partial charge on any atom is 0.406 e. The van der Waals surface area contributed by atoms with Crippen LogP contribution in [-0.2, 0) is 16.5 Å². The van der Waals surface area contributed by atoms with Crippen molar-refractivity contribution in [1.82, 2.24) is 54.8 Å². The van der Waals surface area contributed by atoms with E-state index in [0.29, 0.717) is 41.6 Å². The van der Waals surface area contributed by atoms with E-state index in [1.807, 2.05) is 49.6 Å². The van der Waals surface area contributed by atoms with Crippen LogP contribution in [0.3, 0.4) is 0 Å². The summed E-state index contributed by atoms with van der Waals surface area (Å²) >= 11 is 0. The highest BCUT2D eigenvalue weighted by atomic mass is 16.5. The molecule has 7 aromatic heterocycles. The van der Waals surface area contributed by atoms with Crippen LogP contribution in [0.1, 0.15) is 42.4 Å². The van der Waals surface area contributed by atoms with Gasteiger partial charge in [0.05, 0.1) is 89.0 Å². The Balaban J connectivity index is 0.000000176. The molecule has 2 amide bonds. The summed E-state index contributed by atoms with van der Waals surface area (Å²) in [5.41, 5.74) is 9.79. The molecule has 2 saturated carbocycles. The quantitative estimate of drug-likeness (QED) is 0.119. The van der Waals surface area contributed by atoms with Crippen LogP contribution < -0.4 is 21.3 Å². The number of nitriles is 2. The minimum atomic E-state index is -0.408. The number of hydrogen-bond donors (Lipinski definition) is 4. The SMILES string of the molecule is C#Cc1cnc(-c2ccc3cc(C#N)cnn23)cc1NC1CC(CNC(=O)OC)C1.COC(=O)NCC1CC(Nc2cc(-c3ccc4cc(C#N)cnn34)ncc2-c2cn(C)nn2)C1. The van der Waals surface area contributed by atoms with Gasteiger partial charge in [-0.05, 0) is 86.1 Å². The number of rotatable bonds is 11. The molecule has 0 spiro atoms. The van der Waals surface area contributed by atoms with Crippen LogP contribution in [0.5, 0.6) is 0 Å². The predicted molar refractivity (Wildman–Crippen MR) is 235 cm³/mol. The number of alkyl carbamates (subject to hydrolysis) is 2. The van der Waals surface area contributed by atoms with Crippen molar-refractivity contribution in [3.8, 4) is 58.5 Å². The normalized spacial score (nSPS) is 17.2. The van der Waals surface area contributed by atoms with Crippen molar-refractivity contribution < 1.29 is 19.1 Å². The average Bonchev–Trinajstić information content (AvgIpc) is 4.05. The molecule has 4 N–H and O–H groups in total. The van der Waals surface area contributed by atoms with E-state index in [0.717, 1.165) is 82.1 Å². The Morgan fingerprint density at radius 2 is 1.25 bits per heavy atom. The highest BCUT2D eigenvalue weighted by molar-refractivity contribution is 5.79. The molecule has 0 aliphatic heterocycles. The Bertz CT molecular complexity index is 2980. The van der Waals surface area contributed by atoms with Gasteiger partial charge < -0.3 is 30.7 Å². The summed E-state index contributed by atoms with van der Waals surface area (Å²) in [6.45, 7) is 1.19. The number of fused-ring (bicyclic) bond motifs is 2. The molecule has 2 fully saturated rings. The van der Waals surface area contributed by atoms with E-state index in [1.165, 1.54) is 20.4 Å². The average molecular weight is 858 g/mol. The number of carbonyl (C=O) groups excluding carboxylic acids is 2. The minimum absolute atomic E-state index is 0.260. The highest BCUT2D eigenvalue weighted by Gasteiger charge is 2.31. The molecular weight excluding hydrogens is 815 g/mol. The lowest BCUT2D eigenvalue weighted by Crippen LogP contribution is -2.42. The van der Waals surface area contributed by atoms with Crippen molar-refractivity contribution in [3.63, 3.8) is 0 Å². The van der Waals surface area contributed by atoms with E-state index in [2.05, 4.69) is 79.3 Å². The summed E-state index contributed by atoms with van der Waals surface area (Å²) < 4.78 is 14.4. The van der Waals surface area contributed by atoms with Gasteiger partial charge in [-0.25, -0.2) is 18.6 Å². The Morgan fingerprint density at radius 3 is 1.73 bits per heavy atom. The second-order valence-electron chi connectivity index (χ2n) is 15.6. The summed E-state index contributed by atoms with van der Waals surface area (Å²) in [5.74, 6) is 3.48. The fraction of sp³-hybridized carbons (Fsp3) is 0.289. The van der Waals surface area contributed by atoms with Gasteiger partial charge in [0.1, 0.15) is 17.8 Å². The zero-order valence-electron chi connectivity index (χ0n) is 35.2. The van der Waals surface area contributed by atoms with Gasteiger partial charge in [-0.15, -0.1) is 11.5 Å². The molecular formula is C45H43N15O4. The van der Waals surface area contributed by atoms with E-state index >= 15 is 0 Å². The Kier molecular flexibility index (Phi) is 12.3. The van der Waals surface area contributed by atoms with Crippen LogP contribution in [0.25, 0.3) is 45.1 Å². The molecule has 64 heavy (non-hydrogen) atoms. The number of ether oxygens (including phenoxy) is 2. The molecule has 7 heterocycles. The van der Waals surface area contributed by atoms with Crippen molar-refractivity contribution in [2.75, 3.05) is 37.9 Å². The van der Waals surface area contributed by atoms with Gasteiger partial charge in [0.25, 0.3) is 0 Å². The van der Waals surface area contributed by atoms with Crippen LogP contribution in [0.15, 0.2) is 79.5 Å². The Hall–Kier alpha value is -8.50. The van der Waals surface area contributed by atoms with Crippen LogP contribution in [-0.4, -0.2) is 95.8 Å². The summed E-state index contributed by atoms with van der Waals surface area (Å²) in [7, 11) is 4.54. The van der Waals surface area contributed by atoms with E-state index < -0.39 is 12.2 Å². The first kappa shape index (κ1) is 42.2. The van der Waals surface area contributed by atoms with Gasteiger partial charge in [0.2, 0.25) is 0 Å². The number of aryl methyl sites for hydroxylation is 1. The fourth-order valence-corrected chi connectivity index (χ4v) is 7.81. The number of terminal acetylenes is 1. The van der Waals surface area contributed by atoms with Crippen molar-refractivity contribution in [2.45, 2.75) is 37.8 Å². The Labute approximate surface area is 367 Å². The Morgan fingerprint density at radius 1 is 0.734 bits per heavy atom. The largest absolute Gasteiger partial charge is 0.453 e. The number of hydrogen-bond acceptors (Lipinski definition) is 14. The third-order valence-electron chi connectivity index (χ3n) is 11.3. The summed E-state index contributed by atoms with van der Waals surface area (Å²) in [5, 5.41) is 47.9. The molecule has 7 aromatic rings. The van der Waals surface area contributed by atoms with Crippen LogP contribution in [0, 0.1) is 46.8 Å². The predicted octanol–water partition coefficient (Wildman–Crippen LogP) is 5.41. The molecule has 322 valence electrons. The number of anilines is 2. The summed E-state index contributed by atoms with van der Waals surface area (Å²) in [6, 6.07) is 19.9. The summed E-state index contributed by atoms with van der Waals surface area (Å²) in [6.07, 6.45) is 16.9. The minimum Gasteiger partial charge on any atom is -0.453 e. The monoisotopic (exact) mass is 857 g/mol. The lowest BCUT2D eigenvalue weighted by molar-refractivity contribution is 0.163. The van der Waals surface area contributed by atoms with Gasteiger partial charge in [-0.1, -0.05) is 11.1 Å².